The highest BCUT2D eigenvalue weighted by Gasteiger charge is 2.36. The lowest BCUT2D eigenvalue weighted by atomic mass is 10.0. The van der Waals surface area contributed by atoms with Crippen LogP contribution in [0.4, 0.5) is 0 Å². The molecule has 2 aliphatic heterocycles. The van der Waals surface area contributed by atoms with Crippen molar-refractivity contribution < 1.29 is 14.6 Å². The molecule has 1 aromatic carbocycles. The van der Waals surface area contributed by atoms with E-state index in [-0.39, 0.29) is 24.6 Å². The van der Waals surface area contributed by atoms with Crippen molar-refractivity contribution in [2.45, 2.75) is 43.8 Å². The Bertz CT molecular complexity index is 502. The molecule has 1 unspecified atom stereocenters. The summed E-state index contributed by atoms with van der Waals surface area (Å²) >= 11 is 0. The topological polar surface area (TPSA) is 61.8 Å². The van der Waals surface area contributed by atoms with Crippen molar-refractivity contribution in [3.8, 4) is 0 Å². The van der Waals surface area contributed by atoms with Crippen molar-refractivity contribution in [2.75, 3.05) is 26.4 Å². The van der Waals surface area contributed by atoms with Gasteiger partial charge in [0, 0.05) is 19.3 Å². The molecular weight excluding hydrogens is 292 g/mol. The van der Waals surface area contributed by atoms with Crippen molar-refractivity contribution in [1.29, 1.82) is 0 Å². The van der Waals surface area contributed by atoms with Crippen LogP contribution >= 0.6 is 0 Å². The highest BCUT2D eigenvalue weighted by Crippen LogP contribution is 2.26. The molecule has 1 aromatic rings. The van der Waals surface area contributed by atoms with Gasteiger partial charge in [-0.05, 0) is 37.8 Å². The van der Waals surface area contributed by atoms with Gasteiger partial charge in [0.05, 0.1) is 18.7 Å². The first-order chi connectivity index (χ1) is 11.3. The lowest BCUT2D eigenvalue weighted by molar-refractivity contribution is -0.128. The van der Waals surface area contributed by atoms with Crippen molar-refractivity contribution in [2.24, 2.45) is 0 Å². The maximum absolute atomic E-state index is 12.7. The number of nitrogens with zero attached hydrogens (tertiary/aromatic N) is 1. The zero-order valence-corrected chi connectivity index (χ0v) is 13.5. The van der Waals surface area contributed by atoms with Gasteiger partial charge in [0.25, 0.3) is 0 Å². The molecule has 2 N–H and O–H groups in total. The van der Waals surface area contributed by atoms with Crippen LogP contribution in [-0.4, -0.2) is 54.4 Å². The van der Waals surface area contributed by atoms with Crippen molar-refractivity contribution >= 4 is 5.91 Å². The molecule has 0 aromatic heterocycles. The minimum atomic E-state index is -0.333. The number of hydrogen-bond acceptors (Lipinski definition) is 4. The van der Waals surface area contributed by atoms with Gasteiger partial charge < -0.3 is 15.2 Å². The fraction of sp³-hybridized carbons (Fsp3) is 0.611. The average molecular weight is 318 g/mol. The highest BCUT2D eigenvalue weighted by atomic mass is 16.5. The summed E-state index contributed by atoms with van der Waals surface area (Å²) in [6.07, 6.45) is 3.97. The number of benzene rings is 1. The van der Waals surface area contributed by atoms with E-state index in [1.165, 1.54) is 0 Å². The van der Waals surface area contributed by atoms with E-state index in [1.807, 2.05) is 30.3 Å². The number of likely N-dealkylation sites (tertiary alicyclic amines) is 1. The van der Waals surface area contributed by atoms with Gasteiger partial charge in [0.2, 0.25) is 5.91 Å². The van der Waals surface area contributed by atoms with Gasteiger partial charge in [-0.3, -0.25) is 9.69 Å². The van der Waals surface area contributed by atoms with E-state index in [9.17, 15) is 9.90 Å². The Kier molecular flexibility index (Phi) is 5.65. The Labute approximate surface area is 137 Å². The quantitative estimate of drug-likeness (QED) is 0.863. The van der Waals surface area contributed by atoms with Crippen LogP contribution in [0, 0.1) is 0 Å². The summed E-state index contributed by atoms with van der Waals surface area (Å²) in [4.78, 5) is 15.1. The van der Waals surface area contributed by atoms with Crippen LogP contribution in [0.25, 0.3) is 0 Å². The number of carbonyl (C=O) groups excluding carboxylic acids is 1. The number of carbonyl (C=O) groups is 1. The van der Waals surface area contributed by atoms with Gasteiger partial charge in [0.1, 0.15) is 0 Å². The molecule has 2 heterocycles. The van der Waals surface area contributed by atoms with E-state index in [0.29, 0.717) is 6.04 Å². The van der Waals surface area contributed by atoms with E-state index in [4.69, 9.17) is 4.74 Å². The predicted molar refractivity (Wildman–Crippen MR) is 88.0 cm³/mol. The maximum Gasteiger partial charge on any atom is 0.237 e. The SMILES string of the molecule is O=C(N[C@H](CO)c1ccccc1)C1CCCN1C1CCOCC1. The van der Waals surface area contributed by atoms with Gasteiger partial charge in [-0.1, -0.05) is 30.3 Å². The fourth-order valence-electron chi connectivity index (χ4n) is 3.71. The molecule has 2 fully saturated rings. The summed E-state index contributed by atoms with van der Waals surface area (Å²) in [6, 6.07) is 9.70. The highest BCUT2D eigenvalue weighted by molar-refractivity contribution is 5.82. The van der Waals surface area contributed by atoms with Gasteiger partial charge in [0.15, 0.2) is 0 Å². The molecule has 2 aliphatic rings. The molecule has 5 nitrogen and oxygen atoms in total. The molecule has 0 saturated carbocycles. The number of hydrogen-bond donors (Lipinski definition) is 2. The van der Waals surface area contributed by atoms with Crippen molar-refractivity contribution in [3.05, 3.63) is 35.9 Å². The summed E-state index contributed by atoms with van der Waals surface area (Å²) in [6.45, 7) is 2.48. The third kappa shape index (κ3) is 3.91. The smallest absolute Gasteiger partial charge is 0.237 e. The molecule has 2 saturated heterocycles. The summed E-state index contributed by atoms with van der Waals surface area (Å²) in [5, 5.41) is 12.7. The molecule has 3 rings (SSSR count). The minimum absolute atomic E-state index is 0.0388. The lowest BCUT2D eigenvalue weighted by Gasteiger charge is -2.35. The Morgan fingerprint density at radius 1 is 1.26 bits per heavy atom. The fourth-order valence-corrected chi connectivity index (χ4v) is 3.71. The number of nitrogens with one attached hydrogen (secondary N) is 1. The van der Waals surface area contributed by atoms with E-state index in [0.717, 1.165) is 51.0 Å². The largest absolute Gasteiger partial charge is 0.394 e. The maximum atomic E-state index is 12.7. The number of rotatable bonds is 5. The second kappa shape index (κ2) is 7.90. The number of ether oxygens (including phenoxy) is 1. The molecule has 2 atom stereocenters. The first-order valence-corrected chi connectivity index (χ1v) is 8.59. The molecule has 0 aliphatic carbocycles. The van der Waals surface area contributed by atoms with Crippen LogP contribution < -0.4 is 5.32 Å². The first-order valence-electron chi connectivity index (χ1n) is 8.59. The third-order valence-electron chi connectivity index (χ3n) is 4.96. The zero-order chi connectivity index (χ0) is 16.1. The van der Waals surface area contributed by atoms with Crippen LogP contribution in [0.1, 0.15) is 37.3 Å². The molecule has 126 valence electrons. The Hall–Kier alpha value is -1.43. The first kappa shape index (κ1) is 16.4. The van der Waals surface area contributed by atoms with Crippen LogP contribution in [0.5, 0.6) is 0 Å². The Balaban J connectivity index is 1.64. The summed E-state index contributed by atoms with van der Waals surface area (Å²) in [5.41, 5.74) is 0.943. The molecule has 23 heavy (non-hydrogen) atoms. The van der Waals surface area contributed by atoms with Crippen LogP contribution in [0.15, 0.2) is 30.3 Å². The second-order valence-electron chi connectivity index (χ2n) is 6.39. The van der Waals surface area contributed by atoms with Crippen LogP contribution in [-0.2, 0) is 9.53 Å². The number of aliphatic hydroxyl groups excluding tert-OH is 1. The average Bonchev–Trinajstić information content (AvgIpc) is 3.11. The summed E-state index contributed by atoms with van der Waals surface area (Å²) in [7, 11) is 0. The third-order valence-corrected chi connectivity index (χ3v) is 4.96. The molecule has 0 bridgehead atoms. The molecule has 1 amide bonds. The van der Waals surface area contributed by atoms with E-state index < -0.39 is 0 Å². The van der Waals surface area contributed by atoms with Crippen molar-refractivity contribution in [1.82, 2.24) is 10.2 Å². The van der Waals surface area contributed by atoms with Crippen LogP contribution in [0.2, 0.25) is 0 Å². The van der Waals surface area contributed by atoms with Gasteiger partial charge in [-0.2, -0.15) is 0 Å². The molecule has 5 heteroatoms. The standard InChI is InChI=1S/C18H26N2O3/c21-13-16(14-5-2-1-3-6-14)19-18(22)17-7-4-10-20(17)15-8-11-23-12-9-15/h1-3,5-6,15-17,21H,4,7-13H2,(H,19,22)/t16-,17?/m1/s1. The monoisotopic (exact) mass is 318 g/mol. The summed E-state index contributed by atoms with van der Waals surface area (Å²) < 4.78 is 5.43. The molecule has 0 spiro atoms. The van der Waals surface area contributed by atoms with E-state index in [1.54, 1.807) is 0 Å². The molecular formula is C18H26N2O3. The van der Waals surface area contributed by atoms with E-state index in [2.05, 4.69) is 10.2 Å². The summed E-state index contributed by atoms with van der Waals surface area (Å²) in [5.74, 6) is 0.0388. The molecule has 0 radical (unpaired) electrons. The van der Waals surface area contributed by atoms with Crippen molar-refractivity contribution in [3.63, 3.8) is 0 Å². The minimum Gasteiger partial charge on any atom is -0.394 e. The van der Waals surface area contributed by atoms with Gasteiger partial charge >= 0.3 is 0 Å². The van der Waals surface area contributed by atoms with Gasteiger partial charge in [-0.15, -0.1) is 0 Å². The number of aliphatic hydroxyl groups is 1. The normalized spacial score (nSPS) is 24.5. The predicted octanol–water partition coefficient (Wildman–Crippen LogP) is 1.48. The Morgan fingerprint density at radius 3 is 2.70 bits per heavy atom. The Morgan fingerprint density at radius 2 is 2.00 bits per heavy atom. The lowest BCUT2D eigenvalue weighted by Crippen LogP contribution is -2.50. The van der Waals surface area contributed by atoms with E-state index >= 15 is 0 Å². The second-order valence-corrected chi connectivity index (χ2v) is 6.39. The zero-order valence-electron chi connectivity index (χ0n) is 13.5. The van der Waals surface area contributed by atoms with Crippen LogP contribution in [0.3, 0.4) is 0 Å². The number of amides is 1. The van der Waals surface area contributed by atoms with Gasteiger partial charge in [-0.25, -0.2) is 0 Å².